The number of aromatic nitrogens is 1. The summed E-state index contributed by atoms with van der Waals surface area (Å²) in [5.41, 5.74) is 2.50. The van der Waals surface area contributed by atoms with E-state index < -0.39 is 0 Å². The van der Waals surface area contributed by atoms with Crippen LogP contribution in [0.3, 0.4) is 0 Å². The number of fused-ring (bicyclic) bond motifs is 1. The molecule has 2 saturated heterocycles. The zero-order valence-corrected chi connectivity index (χ0v) is 16.5. The number of carbonyl (C=O) groups excluding carboxylic acids is 1. The Kier molecular flexibility index (Phi) is 5.22. The van der Waals surface area contributed by atoms with E-state index in [9.17, 15) is 9.18 Å². The minimum atomic E-state index is -0.255. The Morgan fingerprint density at radius 3 is 2.70 bits per heavy atom. The van der Waals surface area contributed by atoms with Crippen molar-refractivity contribution in [1.82, 2.24) is 14.4 Å². The fraction of sp³-hybridized carbons (Fsp3) is 0.591. The van der Waals surface area contributed by atoms with Crippen molar-refractivity contribution in [2.24, 2.45) is 13.0 Å². The fourth-order valence-electron chi connectivity index (χ4n) is 4.96. The third-order valence-electron chi connectivity index (χ3n) is 6.39. The topological polar surface area (TPSA) is 28.5 Å². The molecular weight excluding hydrogens is 341 g/mol. The van der Waals surface area contributed by atoms with Crippen LogP contribution in [-0.4, -0.2) is 53.0 Å². The molecule has 1 aromatic carbocycles. The molecule has 4 nitrogen and oxygen atoms in total. The number of piperidine rings is 2. The Morgan fingerprint density at radius 1 is 1.15 bits per heavy atom. The highest BCUT2D eigenvalue weighted by molar-refractivity contribution is 6.01. The van der Waals surface area contributed by atoms with Crippen LogP contribution in [-0.2, 0) is 7.05 Å². The standard InChI is InChI=1S/C22H30FN3O/c1-16-19-13-18(23)8-9-20(19)24(2)21(16)22(27)26-12-6-7-17(15-26)14-25-10-4-3-5-11-25/h8-9,13,17H,3-7,10-12,14-15H2,1-2H3/t17-/m0/s1. The molecule has 0 spiro atoms. The average Bonchev–Trinajstić information content (AvgIpc) is 2.92. The van der Waals surface area contributed by atoms with Gasteiger partial charge in [-0.05, 0) is 75.4 Å². The first-order chi connectivity index (χ1) is 13.0. The lowest BCUT2D eigenvalue weighted by atomic mass is 9.96. The van der Waals surface area contributed by atoms with Crippen molar-refractivity contribution in [2.75, 3.05) is 32.7 Å². The lowest BCUT2D eigenvalue weighted by molar-refractivity contribution is 0.0621. The van der Waals surface area contributed by atoms with Crippen LogP contribution in [0.5, 0.6) is 0 Å². The average molecular weight is 372 g/mol. The van der Waals surface area contributed by atoms with E-state index >= 15 is 0 Å². The van der Waals surface area contributed by atoms with E-state index in [2.05, 4.69) is 4.90 Å². The smallest absolute Gasteiger partial charge is 0.270 e. The van der Waals surface area contributed by atoms with Gasteiger partial charge in [-0.25, -0.2) is 4.39 Å². The number of likely N-dealkylation sites (tertiary alicyclic amines) is 2. The summed E-state index contributed by atoms with van der Waals surface area (Å²) in [4.78, 5) is 17.9. The van der Waals surface area contributed by atoms with Crippen LogP contribution in [0.2, 0.25) is 0 Å². The van der Waals surface area contributed by atoms with Crippen molar-refractivity contribution >= 4 is 16.8 Å². The number of benzene rings is 1. The third-order valence-corrected chi connectivity index (χ3v) is 6.39. The van der Waals surface area contributed by atoms with Crippen LogP contribution < -0.4 is 0 Å². The lowest BCUT2D eigenvalue weighted by Crippen LogP contribution is -2.45. The number of amides is 1. The third kappa shape index (κ3) is 3.62. The number of rotatable bonds is 3. The monoisotopic (exact) mass is 371 g/mol. The maximum Gasteiger partial charge on any atom is 0.270 e. The second-order valence-electron chi connectivity index (χ2n) is 8.31. The molecule has 1 amide bonds. The molecule has 2 aliphatic heterocycles. The van der Waals surface area contributed by atoms with Gasteiger partial charge in [0.2, 0.25) is 0 Å². The van der Waals surface area contributed by atoms with Gasteiger partial charge in [-0.15, -0.1) is 0 Å². The van der Waals surface area contributed by atoms with E-state index in [-0.39, 0.29) is 11.7 Å². The molecule has 0 unspecified atom stereocenters. The summed E-state index contributed by atoms with van der Waals surface area (Å²) < 4.78 is 15.6. The van der Waals surface area contributed by atoms with E-state index in [1.165, 1.54) is 50.9 Å². The number of hydrogen-bond donors (Lipinski definition) is 0. The predicted octanol–water partition coefficient (Wildman–Crippen LogP) is 3.96. The molecule has 2 aromatic rings. The molecule has 146 valence electrons. The minimum absolute atomic E-state index is 0.0925. The first kappa shape index (κ1) is 18.5. The molecule has 1 atom stereocenters. The van der Waals surface area contributed by atoms with E-state index in [1.54, 1.807) is 6.07 Å². The number of halogens is 1. The van der Waals surface area contributed by atoms with Crippen LogP contribution in [0.1, 0.15) is 48.2 Å². The Hall–Kier alpha value is -1.88. The van der Waals surface area contributed by atoms with Gasteiger partial charge in [-0.2, -0.15) is 0 Å². The highest BCUT2D eigenvalue weighted by Gasteiger charge is 2.29. The van der Waals surface area contributed by atoms with Crippen molar-refractivity contribution < 1.29 is 9.18 Å². The molecule has 0 aliphatic carbocycles. The molecule has 0 radical (unpaired) electrons. The van der Waals surface area contributed by atoms with E-state index in [4.69, 9.17) is 0 Å². The first-order valence-corrected chi connectivity index (χ1v) is 10.3. The largest absolute Gasteiger partial charge is 0.339 e. The van der Waals surface area contributed by atoms with Gasteiger partial charge in [0.1, 0.15) is 11.5 Å². The van der Waals surface area contributed by atoms with Gasteiger partial charge >= 0.3 is 0 Å². The molecule has 0 N–H and O–H groups in total. The molecule has 2 aliphatic rings. The van der Waals surface area contributed by atoms with Gasteiger partial charge < -0.3 is 14.4 Å². The van der Waals surface area contributed by atoms with Crippen LogP contribution in [0.4, 0.5) is 4.39 Å². The van der Waals surface area contributed by atoms with E-state index in [0.717, 1.165) is 42.5 Å². The van der Waals surface area contributed by atoms with Crippen molar-refractivity contribution in [1.29, 1.82) is 0 Å². The zero-order valence-electron chi connectivity index (χ0n) is 16.5. The van der Waals surface area contributed by atoms with Gasteiger partial charge in [0, 0.05) is 37.6 Å². The lowest BCUT2D eigenvalue weighted by Gasteiger charge is -2.37. The maximum atomic E-state index is 13.7. The van der Waals surface area contributed by atoms with Crippen molar-refractivity contribution in [2.45, 2.75) is 39.0 Å². The number of carbonyl (C=O) groups is 1. The summed E-state index contributed by atoms with van der Waals surface area (Å²) in [6.45, 7) is 7.12. The van der Waals surface area contributed by atoms with Gasteiger partial charge in [0.25, 0.3) is 5.91 Å². The highest BCUT2D eigenvalue weighted by Crippen LogP contribution is 2.28. The molecule has 5 heteroatoms. The van der Waals surface area contributed by atoms with Crippen LogP contribution >= 0.6 is 0 Å². The molecule has 27 heavy (non-hydrogen) atoms. The summed E-state index contributed by atoms with van der Waals surface area (Å²) in [7, 11) is 1.91. The Morgan fingerprint density at radius 2 is 1.93 bits per heavy atom. The predicted molar refractivity (Wildman–Crippen MR) is 107 cm³/mol. The molecular formula is C22H30FN3O. The van der Waals surface area contributed by atoms with Crippen molar-refractivity contribution in [3.8, 4) is 0 Å². The molecule has 2 fully saturated rings. The SMILES string of the molecule is Cc1c(C(=O)N2CCC[C@@H](CN3CCCCC3)C2)n(C)c2ccc(F)cc12. The number of aryl methyl sites for hydroxylation is 2. The summed E-state index contributed by atoms with van der Waals surface area (Å²) in [6.07, 6.45) is 6.25. The normalized spacial score (nSPS) is 21.7. The van der Waals surface area contributed by atoms with Crippen LogP contribution in [0, 0.1) is 18.7 Å². The molecule has 0 bridgehead atoms. The molecule has 4 rings (SSSR count). The summed E-state index contributed by atoms with van der Waals surface area (Å²) in [6, 6.07) is 4.77. The quantitative estimate of drug-likeness (QED) is 0.817. The van der Waals surface area contributed by atoms with Crippen LogP contribution in [0.25, 0.3) is 10.9 Å². The summed E-state index contributed by atoms with van der Waals surface area (Å²) in [5.74, 6) is 0.401. The Balaban J connectivity index is 1.53. The first-order valence-electron chi connectivity index (χ1n) is 10.3. The van der Waals surface area contributed by atoms with Gasteiger partial charge in [-0.1, -0.05) is 6.42 Å². The zero-order chi connectivity index (χ0) is 19.0. The number of hydrogen-bond acceptors (Lipinski definition) is 2. The van der Waals surface area contributed by atoms with Gasteiger partial charge in [-0.3, -0.25) is 4.79 Å². The van der Waals surface area contributed by atoms with Crippen molar-refractivity contribution in [3.63, 3.8) is 0 Å². The van der Waals surface area contributed by atoms with E-state index in [0.29, 0.717) is 11.6 Å². The molecule has 3 heterocycles. The van der Waals surface area contributed by atoms with Gasteiger partial charge in [0.05, 0.1) is 0 Å². The number of nitrogens with zero attached hydrogens (tertiary/aromatic N) is 3. The molecule has 1 aromatic heterocycles. The van der Waals surface area contributed by atoms with Gasteiger partial charge in [0.15, 0.2) is 0 Å². The summed E-state index contributed by atoms with van der Waals surface area (Å²) in [5, 5.41) is 0.836. The van der Waals surface area contributed by atoms with Crippen LogP contribution in [0.15, 0.2) is 18.2 Å². The second-order valence-corrected chi connectivity index (χ2v) is 8.31. The van der Waals surface area contributed by atoms with Crippen molar-refractivity contribution in [3.05, 3.63) is 35.3 Å². The minimum Gasteiger partial charge on any atom is -0.339 e. The summed E-state index contributed by atoms with van der Waals surface area (Å²) >= 11 is 0. The van der Waals surface area contributed by atoms with E-state index in [1.807, 2.05) is 23.4 Å². The Labute approximate surface area is 160 Å². The molecule has 0 saturated carbocycles. The maximum absolute atomic E-state index is 13.7. The Bertz CT molecular complexity index is 838. The second kappa shape index (κ2) is 7.63. The fourth-order valence-corrected chi connectivity index (χ4v) is 4.96. The highest BCUT2D eigenvalue weighted by atomic mass is 19.1.